The third kappa shape index (κ3) is 2.99. The number of hydrogen-bond acceptors (Lipinski definition) is 1. The summed E-state index contributed by atoms with van der Waals surface area (Å²) >= 11 is 6.24. The first kappa shape index (κ1) is 15.7. The summed E-state index contributed by atoms with van der Waals surface area (Å²) in [5, 5.41) is 5.51. The lowest BCUT2D eigenvalue weighted by Gasteiger charge is -2.16. The monoisotopic (exact) mass is 323 g/mol. The number of rotatable bonds is 3. The third-order valence-corrected chi connectivity index (χ3v) is 4.55. The van der Waals surface area contributed by atoms with Crippen molar-refractivity contribution in [2.24, 2.45) is 10.5 Å². The van der Waals surface area contributed by atoms with E-state index in [1.165, 1.54) is 0 Å². The van der Waals surface area contributed by atoms with E-state index in [1.807, 2.05) is 54.2 Å². The van der Waals surface area contributed by atoms with Crippen LogP contribution in [0.25, 0.3) is 6.08 Å². The molecule has 0 aliphatic carbocycles. The second-order valence-corrected chi connectivity index (χ2v) is 6.61. The molecule has 3 heteroatoms. The first-order valence-electron chi connectivity index (χ1n) is 7.68. The minimum absolute atomic E-state index is 0.159. The van der Waals surface area contributed by atoms with Crippen LogP contribution in [-0.2, 0) is 0 Å². The summed E-state index contributed by atoms with van der Waals surface area (Å²) in [5.41, 5.74) is 4.24. The van der Waals surface area contributed by atoms with Crippen molar-refractivity contribution in [2.45, 2.75) is 13.8 Å². The van der Waals surface area contributed by atoms with Gasteiger partial charge in [-0.2, -0.15) is 0 Å². The molecule has 1 aliphatic rings. The highest BCUT2D eigenvalue weighted by Crippen LogP contribution is 2.30. The first-order chi connectivity index (χ1) is 11.0. The van der Waals surface area contributed by atoms with Gasteiger partial charge >= 0.3 is 0 Å². The molecule has 0 radical (unpaired) electrons. The first-order valence-corrected chi connectivity index (χ1v) is 8.06. The standard InChI is InChI=1S/C20H20ClN2/c1-20(2)18(14-13-15-9-7-8-12-17(15)21)23(3)22-19(20)16-10-5-4-6-11-16/h4-14H,1-3H3/q+1/b14-13+. The van der Waals surface area contributed by atoms with E-state index in [1.54, 1.807) is 0 Å². The lowest BCUT2D eigenvalue weighted by atomic mass is 9.79. The van der Waals surface area contributed by atoms with Crippen LogP contribution in [0.1, 0.15) is 25.0 Å². The summed E-state index contributed by atoms with van der Waals surface area (Å²) in [6.45, 7) is 4.41. The van der Waals surface area contributed by atoms with Crippen molar-refractivity contribution in [1.29, 1.82) is 0 Å². The van der Waals surface area contributed by atoms with Crippen molar-refractivity contribution in [3.63, 3.8) is 0 Å². The lowest BCUT2D eigenvalue weighted by molar-refractivity contribution is -0.499. The molecule has 1 aliphatic heterocycles. The van der Waals surface area contributed by atoms with Gasteiger partial charge in [-0.15, -0.1) is 0 Å². The van der Waals surface area contributed by atoms with Crippen LogP contribution in [0.5, 0.6) is 0 Å². The molecule has 0 spiro atoms. The molecule has 0 fully saturated rings. The maximum atomic E-state index is 6.24. The molecule has 0 atom stereocenters. The molecule has 2 aromatic carbocycles. The maximum absolute atomic E-state index is 6.24. The molecular formula is C20H20ClN2+. The SMILES string of the molecule is C[N+]1=C(/C=C/c2ccccc2Cl)C(C)(C)C(c2ccccc2)=N1. The van der Waals surface area contributed by atoms with E-state index >= 15 is 0 Å². The lowest BCUT2D eigenvalue weighted by Crippen LogP contribution is -2.31. The molecule has 0 saturated carbocycles. The van der Waals surface area contributed by atoms with Gasteiger partial charge in [-0.3, -0.25) is 0 Å². The quantitative estimate of drug-likeness (QED) is 0.715. The number of allylic oxidation sites excluding steroid dienone is 1. The maximum Gasteiger partial charge on any atom is 0.219 e. The van der Waals surface area contributed by atoms with Crippen molar-refractivity contribution in [2.75, 3.05) is 7.05 Å². The zero-order valence-electron chi connectivity index (χ0n) is 13.6. The van der Waals surface area contributed by atoms with Gasteiger partial charge in [0, 0.05) is 16.7 Å². The van der Waals surface area contributed by atoms with Crippen LogP contribution >= 0.6 is 11.6 Å². The number of halogens is 1. The fourth-order valence-corrected chi connectivity index (χ4v) is 3.16. The van der Waals surface area contributed by atoms with Gasteiger partial charge in [-0.05, 0) is 36.7 Å². The molecule has 23 heavy (non-hydrogen) atoms. The normalized spacial score (nSPS) is 17.0. The number of nitrogens with zero attached hydrogens (tertiary/aromatic N) is 2. The van der Waals surface area contributed by atoms with Gasteiger partial charge in [0.25, 0.3) is 0 Å². The van der Waals surface area contributed by atoms with E-state index < -0.39 is 0 Å². The smallest absolute Gasteiger partial charge is 0.0899 e. The van der Waals surface area contributed by atoms with Crippen molar-refractivity contribution in [1.82, 2.24) is 0 Å². The Bertz CT molecular complexity index is 815. The van der Waals surface area contributed by atoms with Crippen LogP contribution < -0.4 is 0 Å². The average molecular weight is 324 g/mol. The van der Waals surface area contributed by atoms with E-state index in [2.05, 4.69) is 38.1 Å². The van der Waals surface area contributed by atoms with Crippen LogP contribution in [-0.4, -0.2) is 23.2 Å². The van der Waals surface area contributed by atoms with Gasteiger partial charge in [-0.1, -0.05) is 64.8 Å². The van der Waals surface area contributed by atoms with Gasteiger partial charge < -0.3 is 0 Å². The number of hydrazone groups is 1. The molecule has 0 bridgehead atoms. The molecule has 0 unspecified atom stereocenters. The van der Waals surface area contributed by atoms with Crippen molar-refractivity contribution in [3.05, 3.63) is 76.8 Å². The Morgan fingerprint density at radius 1 is 0.957 bits per heavy atom. The van der Waals surface area contributed by atoms with Gasteiger partial charge in [0.05, 0.1) is 0 Å². The molecule has 2 aromatic rings. The molecule has 2 nitrogen and oxygen atoms in total. The second kappa shape index (κ2) is 6.13. The molecule has 0 amide bonds. The Morgan fingerprint density at radius 3 is 2.30 bits per heavy atom. The summed E-state index contributed by atoms with van der Waals surface area (Å²) < 4.78 is 1.95. The van der Waals surface area contributed by atoms with E-state index in [4.69, 9.17) is 16.7 Å². The highest BCUT2D eigenvalue weighted by Gasteiger charge is 2.43. The summed E-state index contributed by atoms with van der Waals surface area (Å²) in [4.78, 5) is 0. The van der Waals surface area contributed by atoms with Crippen molar-refractivity contribution in [3.8, 4) is 0 Å². The topological polar surface area (TPSA) is 15.4 Å². The zero-order valence-corrected chi connectivity index (χ0v) is 14.4. The Balaban J connectivity index is 1.94. The second-order valence-electron chi connectivity index (χ2n) is 6.20. The highest BCUT2D eigenvalue weighted by atomic mass is 35.5. The summed E-state index contributed by atoms with van der Waals surface area (Å²) in [6, 6.07) is 18.2. The fourth-order valence-electron chi connectivity index (χ4n) is 2.96. The molecule has 0 aromatic heterocycles. The Morgan fingerprint density at radius 2 is 1.61 bits per heavy atom. The van der Waals surface area contributed by atoms with Gasteiger partial charge in [0.15, 0.2) is 7.05 Å². The Hall–Kier alpha value is -2.19. The van der Waals surface area contributed by atoms with Crippen molar-refractivity contribution >= 4 is 29.1 Å². The van der Waals surface area contributed by atoms with E-state index in [0.717, 1.165) is 27.6 Å². The largest absolute Gasteiger partial charge is 0.219 e. The predicted octanol–water partition coefficient (Wildman–Crippen LogP) is 4.88. The summed E-state index contributed by atoms with van der Waals surface area (Å²) in [6.07, 6.45) is 4.17. The Labute approximate surface area is 142 Å². The van der Waals surface area contributed by atoms with E-state index in [-0.39, 0.29) is 5.41 Å². The van der Waals surface area contributed by atoms with Gasteiger partial charge in [0.2, 0.25) is 5.71 Å². The van der Waals surface area contributed by atoms with Crippen LogP contribution in [0, 0.1) is 5.41 Å². The van der Waals surface area contributed by atoms with Gasteiger partial charge in [0.1, 0.15) is 11.1 Å². The molecule has 1 heterocycles. The third-order valence-electron chi connectivity index (χ3n) is 4.20. The molecule has 3 rings (SSSR count). The average Bonchev–Trinajstić information content (AvgIpc) is 2.77. The summed E-state index contributed by atoms with van der Waals surface area (Å²) in [5.74, 6) is 0. The molecule has 0 saturated heterocycles. The highest BCUT2D eigenvalue weighted by molar-refractivity contribution is 6.32. The molecule has 0 N–H and O–H groups in total. The fraction of sp³-hybridized carbons (Fsp3) is 0.200. The van der Waals surface area contributed by atoms with E-state index in [9.17, 15) is 0 Å². The number of benzene rings is 2. The van der Waals surface area contributed by atoms with Crippen LogP contribution in [0.15, 0.2) is 65.8 Å². The predicted molar refractivity (Wildman–Crippen MR) is 98.4 cm³/mol. The number of hydrogen-bond donors (Lipinski definition) is 0. The minimum atomic E-state index is -0.159. The van der Waals surface area contributed by atoms with Crippen LogP contribution in [0.4, 0.5) is 0 Å². The minimum Gasteiger partial charge on any atom is -0.0899 e. The zero-order chi connectivity index (χ0) is 16.4. The van der Waals surface area contributed by atoms with Crippen LogP contribution in [0.2, 0.25) is 5.02 Å². The molecular weight excluding hydrogens is 304 g/mol. The van der Waals surface area contributed by atoms with E-state index in [0.29, 0.717) is 0 Å². The van der Waals surface area contributed by atoms with Crippen molar-refractivity contribution < 1.29 is 4.68 Å². The van der Waals surface area contributed by atoms with Gasteiger partial charge in [-0.25, -0.2) is 0 Å². The Kier molecular flexibility index (Phi) is 4.18. The molecule has 116 valence electrons. The summed E-state index contributed by atoms with van der Waals surface area (Å²) in [7, 11) is 1.99. The van der Waals surface area contributed by atoms with Crippen LogP contribution in [0.3, 0.4) is 0 Å².